The lowest BCUT2D eigenvalue weighted by Crippen LogP contribution is -2.35. The number of nitrogens with one attached hydrogen (secondary N) is 1. The quantitative estimate of drug-likeness (QED) is 0.571. The molecule has 1 aliphatic carbocycles. The van der Waals surface area contributed by atoms with Crippen LogP contribution < -0.4 is 5.32 Å². The van der Waals surface area contributed by atoms with Crippen LogP contribution >= 0.6 is 11.6 Å². The van der Waals surface area contributed by atoms with Crippen LogP contribution in [0, 0.1) is 11.7 Å². The van der Waals surface area contributed by atoms with Gasteiger partial charge in [-0.25, -0.2) is 9.37 Å². The first-order valence-electron chi connectivity index (χ1n) is 5.44. The van der Waals surface area contributed by atoms with E-state index in [-0.39, 0.29) is 17.7 Å². The van der Waals surface area contributed by atoms with E-state index in [0.29, 0.717) is 6.42 Å². The van der Waals surface area contributed by atoms with Gasteiger partial charge >= 0.3 is 0 Å². The minimum absolute atomic E-state index is 0.120. The molecule has 18 heavy (non-hydrogen) atoms. The van der Waals surface area contributed by atoms with Crippen LogP contribution in [0.5, 0.6) is 0 Å². The third-order valence-electron chi connectivity index (χ3n) is 3.07. The average molecular weight is 278 g/mol. The van der Waals surface area contributed by atoms with Crippen molar-refractivity contribution in [1.29, 1.82) is 0 Å². The first-order chi connectivity index (χ1) is 8.52. The van der Waals surface area contributed by atoms with E-state index >= 15 is 0 Å². The molecule has 2 rings (SSSR count). The molecule has 0 spiro atoms. The van der Waals surface area contributed by atoms with Crippen molar-refractivity contribution in [2.75, 3.05) is 11.9 Å². The van der Waals surface area contributed by atoms with Crippen LogP contribution in [0.25, 0.3) is 0 Å². The second kappa shape index (κ2) is 5.31. The molecule has 0 radical (unpaired) electrons. The molecule has 0 aliphatic heterocycles. The highest BCUT2D eigenvalue weighted by molar-refractivity contribution is 6.28. The number of anilines is 1. The van der Waals surface area contributed by atoms with Gasteiger partial charge in [0.1, 0.15) is 6.10 Å². The SMILES string of the molecule is OC[C@H]1C[C@@H](Nc2nc(Cl)ncc2F)[C@H](O)[C@@H]1O. The zero-order chi connectivity index (χ0) is 13.3. The fourth-order valence-electron chi connectivity index (χ4n) is 2.07. The van der Waals surface area contributed by atoms with Crippen molar-refractivity contribution in [2.24, 2.45) is 5.92 Å². The lowest BCUT2D eigenvalue weighted by Gasteiger charge is -2.18. The van der Waals surface area contributed by atoms with Crippen molar-refractivity contribution < 1.29 is 19.7 Å². The van der Waals surface area contributed by atoms with Crippen LogP contribution in [-0.4, -0.2) is 50.1 Å². The Kier molecular flexibility index (Phi) is 3.96. The van der Waals surface area contributed by atoms with Gasteiger partial charge in [-0.2, -0.15) is 4.98 Å². The summed E-state index contributed by atoms with van der Waals surface area (Å²) in [5, 5.41) is 30.9. The first kappa shape index (κ1) is 13.4. The fourth-order valence-corrected chi connectivity index (χ4v) is 2.20. The van der Waals surface area contributed by atoms with Gasteiger partial charge in [0.2, 0.25) is 5.28 Å². The summed E-state index contributed by atoms with van der Waals surface area (Å²) in [6.45, 7) is -0.247. The average Bonchev–Trinajstić information content (AvgIpc) is 2.62. The van der Waals surface area contributed by atoms with Crippen LogP contribution in [0.1, 0.15) is 6.42 Å². The van der Waals surface area contributed by atoms with Crippen LogP contribution in [0.2, 0.25) is 5.28 Å². The molecule has 4 N–H and O–H groups in total. The van der Waals surface area contributed by atoms with Gasteiger partial charge in [-0.3, -0.25) is 0 Å². The number of aliphatic hydroxyl groups excluding tert-OH is 3. The molecule has 8 heteroatoms. The summed E-state index contributed by atoms with van der Waals surface area (Å²) in [6.07, 6.45) is -0.929. The molecular weight excluding hydrogens is 265 g/mol. The Morgan fingerprint density at radius 3 is 2.78 bits per heavy atom. The summed E-state index contributed by atoms with van der Waals surface area (Å²) in [7, 11) is 0. The number of hydrogen-bond donors (Lipinski definition) is 4. The van der Waals surface area contributed by atoms with Gasteiger partial charge in [-0.15, -0.1) is 0 Å². The third kappa shape index (κ3) is 2.54. The van der Waals surface area contributed by atoms with Crippen molar-refractivity contribution in [3.05, 3.63) is 17.3 Å². The second-order valence-corrected chi connectivity index (χ2v) is 4.58. The van der Waals surface area contributed by atoms with Crippen LogP contribution in [0.15, 0.2) is 6.20 Å². The summed E-state index contributed by atoms with van der Waals surface area (Å²) in [6, 6.07) is -0.599. The van der Waals surface area contributed by atoms with Crippen molar-refractivity contribution in [3.63, 3.8) is 0 Å². The van der Waals surface area contributed by atoms with E-state index in [1.807, 2.05) is 0 Å². The highest BCUT2D eigenvalue weighted by Crippen LogP contribution is 2.29. The number of aliphatic hydroxyl groups is 3. The monoisotopic (exact) mass is 277 g/mol. The molecule has 1 saturated carbocycles. The predicted molar refractivity (Wildman–Crippen MR) is 61.6 cm³/mol. The molecule has 0 bridgehead atoms. The van der Waals surface area contributed by atoms with Crippen LogP contribution in [0.4, 0.5) is 10.2 Å². The highest BCUT2D eigenvalue weighted by atomic mass is 35.5. The molecule has 1 aromatic rings. The zero-order valence-electron chi connectivity index (χ0n) is 9.29. The van der Waals surface area contributed by atoms with Gasteiger partial charge in [0.15, 0.2) is 11.6 Å². The van der Waals surface area contributed by atoms with Crippen LogP contribution in [0.3, 0.4) is 0 Å². The van der Waals surface area contributed by atoms with Gasteiger partial charge in [-0.1, -0.05) is 0 Å². The first-order valence-corrected chi connectivity index (χ1v) is 5.82. The van der Waals surface area contributed by atoms with Crippen LogP contribution in [-0.2, 0) is 0 Å². The van der Waals surface area contributed by atoms with Gasteiger partial charge < -0.3 is 20.6 Å². The molecule has 1 aliphatic rings. The minimum atomic E-state index is -1.10. The minimum Gasteiger partial charge on any atom is -0.396 e. The summed E-state index contributed by atoms with van der Waals surface area (Å²) >= 11 is 5.54. The van der Waals surface area contributed by atoms with E-state index in [4.69, 9.17) is 16.7 Å². The maximum Gasteiger partial charge on any atom is 0.224 e. The second-order valence-electron chi connectivity index (χ2n) is 4.25. The maximum atomic E-state index is 13.4. The Labute approximate surface area is 107 Å². The number of nitrogens with zero attached hydrogens (tertiary/aromatic N) is 2. The largest absolute Gasteiger partial charge is 0.396 e. The van der Waals surface area contributed by atoms with E-state index in [9.17, 15) is 14.6 Å². The molecule has 1 fully saturated rings. The summed E-state index contributed by atoms with van der Waals surface area (Å²) in [5.41, 5.74) is 0. The Morgan fingerprint density at radius 2 is 2.17 bits per heavy atom. The highest BCUT2D eigenvalue weighted by Gasteiger charge is 2.41. The van der Waals surface area contributed by atoms with Crippen molar-refractivity contribution in [2.45, 2.75) is 24.7 Å². The van der Waals surface area contributed by atoms with Crippen molar-refractivity contribution in [3.8, 4) is 0 Å². The molecule has 4 atom stereocenters. The zero-order valence-corrected chi connectivity index (χ0v) is 10.0. The lowest BCUT2D eigenvalue weighted by molar-refractivity contribution is 0.00443. The molecule has 0 amide bonds. The Balaban J connectivity index is 2.12. The lowest BCUT2D eigenvalue weighted by atomic mass is 10.1. The van der Waals surface area contributed by atoms with Gasteiger partial charge in [0.05, 0.1) is 18.3 Å². The van der Waals surface area contributed by atoms with Gasteiger partial charge in [0, 0.05) is 12.5 Å². The molecule has 0 aromatic carbocycles. The normalized spacial score (nSPS) is 31.6. The number of rotatable bonds is 3. The number of halogens is 2. The molecule has 6 nitrogen and oxygen atoms in total. The Bertz CT molecular complexity index is 437. The summed E-state index contributed by atoms with van der Waals surface area (Å²) < 4.78 is 13.4. The maximum absolute atomic E-state index is 13.4. The van der Waals surface area contributed by atoms with E-state index < -0.39 is 30.0 Å². The topological polar surface area (TPSA) is 98.5 Å². The molecule has 0 unspecified atom stereocenters. The molecule has 100 valence electrons. The third-order valence-corrected chi connectivity index (χ3v) is 3.26. The van der Waals surface area contributed by atoms with Crippen molar-refractivity contribution in [1.82, 2.24) is 9.97 Å². The molecular formula is C10H13ClFN3O3. The number of hydrogen-bond acceptors (Lipinski definition) is 6. The van der Waals surface area contributed by atoms with E-state index in [0.717, 1.165) is 6.20 Å². The molecule has 0 saturated heterocycles. The van der Waals surface area contributed by atoms with E-state index in [1.54, 1.807) is 0 Å². The van der Waals surface area contributed by atoms with Gasteiger partial charge in [-0.05, 0) is 18.0 Å². The van der Waals surface area contributed by atoms with Crippen molar-refractivity contribution >= 4 is 17.4 Å². The number of aromatic nitrogens is 2. The smallest absolute Gasteiger partial charge is 0.224 e. The molecule has 1 aromatic heterocycles. The molecule has 1 heterocycles. The fraction of sp³-hybridized carbons (Fsp3) is 0.600. The summed E-state index contributed by atoms with van der Waals surface area (Å²) in [4.78, 5) is 7.13. The summed E-state index contributed by atoms with van der Waals surface area (Å²) in [5.74, 6) is -1.28. The van der Waals surface area contributed by atoms with E-state index in [1.165, 1.54) is 0 Å². The Morgan fingerprint density at radius 1 is 1.44 bits per heavy atom. The predicted octanol–water partition coefficient (Wildman–Crippen LogP) is -0.216. The standard InChI is InChI=1S/C10H13ClFN3O3/c11-10-13-2-5(12)9(15-10)14-6-1-4(3-16)7(17)8(6)18/h2,4,6-8,16-18H,1,3H2,(H,13,14,15)/t4-,6-,7-,8+/m1/s1. The Hall–Kier alpha value is -1.02. The van der Waals surface area contributed by atoms with E-state index in [2.05, 4.69) is 15.3 Å². The van der Waals surface area contributed by atoms with Gasteiger partial charge in [0.25, 0.3) is 0 Å².